The number of primary amides is 1. The Morgan fingerprint density at radius 1 is 1.03 bits per heavy atom. The zero-order valence-electron chi connectivity index (χ0n) is 16.3. The molecule has 0 saturated heterocycles. The van der Waals surface area contributed by atoms with Crippen LogP contribution >= 0.6 is 11.3 Å². The minimum Gasteiger partial charge on any atom is -0.448 e. The molecule has 2 aromatic carbocycles. The summed E-state index contributed by atoms with van der Waals surface area (Å²) in [5.41, 5.74) is 9.61. The molecular formula is C23H20N2O4S. The summed E-state index contributed by atoms with van der Waals surface area (Å²) in [5, 5.41) is 2.66. The zero-order valence-corrected chi connectivity index (χ0v) is 17.1. The van der Waals surface area contributed by atoms with Crippen molar-refractivity contribution in [3.63, 3.8) is 0 Å². The van der Waals surface area contributed by atoms with Gasteiger partial charge in [-0.1, -0.05) is 24.3 Å². The standard InChI is InChI=1S/C23H20N2O4S/c1-13(22(27)25-17-10-8-15(9-11-17)21(24)26)29-23(28)19-12-16-7-6-14-4-2-3-5-18(14)20(16)30-19/h2-5,8-13H,6-7H2,1H3,(H2,24,26)(H,25,27)/t13-/m0/s1. The van der Waals surface area contributed by atoms with Crippen LogP contribution in [0.25, 0.3) is 10.4 Å². The molecule has 0 saturated carbocycles. The van der Waals surface area contributed by atoms with Crippen LogP contribution < -0.4 is 11.1 Å². The summed E-state index contributed by atoms with van der Waals surface area (Å²) in [6, 6.07) is 16.2. The van der Waals surface area contributed by atoms with Crippen LogP contribution in [-0.2, 0) is 22.4 Å². The first-order valence-electron chi connectivity index (χ1n) is 9.55. The molecule has 0 radical (unpaired) electrons. The Hall–Kier alpha value is -3.45. The third-order valence-electron chi connectivity index (χ3n) is 5.03. The van der Waals surface area contributed by atoms with Gasteiger partial charge in [-0.25, -0.2) is 4.79 Å². The summed E-state index contributed by atoms with van der Waals surface area (Å²) in [6.45, 7) is 1.52. The number of benzene rings is 2. The van der Waals surface area contributed by atoms with E-state index >= 15 is 0 Å². The number of nitrogens with one attached hydrogen (secondary N) is 1. The molecule has 3 N–H and O–H groups in total. The first kappa shape index (κ1) is 19.8. The van der Waals surface area contributed by atoms with Crippen molar-refractivity contribution in [1.29, 1.82) is 0 Å². The summed E-state index contributed by atoms with van der Waals surface area (Å²) < 4.78 is 5.38. The number of ether oxygens (including phenoxy) is 1. The topological polar surface area (TPSA) is 98.5 Å². The second kappa shape index (κ2) is 8.12. The van der Waals surface area contributed by atoms with Gasteiger partial charge in [-0.05, 0) is 66.8 Å². The van der Waals surface area contributed by atoms with E-state index in [1.54, 1.807) is 12.1 Å². The van der Waals surface area contributed by atoms with Crippen molar-refractivity contribution >= 4 is 34.8 Å². The summed E-state index contributed by atoms with van der Waals surface area (Å²) in [5.74, 6) is -1.52. The number of carbonyl (C=O) groups excluding carboxylic acids is 3. The molecule has 1 aromatic heterocycles. The Morgan fingerprint density at radius 3 is 2.47 bits per heavy atom. The van der Waals surface area contributed by atoms with Gasteiger partial charge >= 0.3 is 5.97 Å². The molecule has 30 heavy (non-hydrogen) atoms. The molecule has 4 rings (SSSR count). The van der Waals surface area contributed by atoms with E-state index in [-0.39, 0.29) is 0 Å². The minimum absolute atomic E-state index is 0.343. The number of thiophene rings is 1. The lowest BCUT2D eigenvalue weighted by molar-refractivity contribution is -0.123. The van der Waals surface area contributed by atoms with E-state index in [4.69, 9.17) is 10.5 Å². The normalized spacial score (nSPS) is 13.0. The SMILES string of the molecule is C[C@H](OC(=O)c1cc2c(s1)-c1ccccc1CC2)C(=O)Nc1ccc(C(N)=O)cc1. The molecule has 0 fully saturated rings. The number of fused-ring (bicyclic) bond motifs is 3. The number of amides is 2. The number of anilines is 1. The van der Waals surface area contributed by atoms with Crippen molar-refractivity contribution in [2.24, 2.45) is 5.73 Å². The van der Waals surface area contributed by atoms with Gasteiger partial charge in [0.05, 0.1) is 0 Å². The first-order valence-corrected chi connectivity index (χ1v) is 10.4. The maximum atomic E-state index is 12.6. The van der Waals surface area contributed by atoms with E-state index < -0.39 is 23.9 Å². The third kappa shape index (κ3) is 3.97. The van der Waals surface area contributed by atoms with Crippen LogP contribution in [0.1, 0.15) is 38.1 Å². The number of nitrogens with two attached hydrogens (primary N) is 1. The molecule has 1 heterocycles. The van der Waals surface area contributed by atoms with Crippen molar-refractivity contribution in [3.05, 3.63) is 76.2 Å². The molecule has 0 bridgehead atoms. The fourth-order valence-corrected chi connectivity index (χ4v) is 4.56. The van der Waals surface area contributed by atoms with Gasteiger partial charge in [0.2, 0.25) is 5.91 Å². The summed E-state index contributed by atoms with van der Waals surface area (Å²) >= 11 is 1.40. The predicted molar refractivity (Wildman–Crippen MR) is 116 cm³/mol. The monoisotopic (exact) mass is 420 g/mol. The highest BCUT2D eigenvalue weighted by atomic mass is 32.1. The van der Waals surface area contributed by atoms with Crippen molar-refractivity contribution < 1.29 is 19.1 Å². The largest absolute Gasteiger partial charge is 0.448 e. The smallest absolute Gasteiger partial charge is 0.349 e. The van der Waals surface area contributed by atoms with Crippen molar-refractivity contribution in [2.45, 2.75) is 25.9 Å². The van der Waals surface area contributed by atoms with Gasteiger partial charge in [-0.2, -0.15) is 0 Å². The van der Waals surface area contributed by atoms with E-state index in [1.807, 2.05) is 18.2 Å². The number of hydrogen-bond donors (Lipinski definition) is 2. The van der Waals surface area contributed by atoms with Crippen molar-refractivity contribution in [1.82, 2.24) is 0 Å². The van der Waals surface area contributed by atoms with E-state index in [1.165, 1.54) is 36.0 Å². The fraction of sp³-hybridized carbons (Fsp3) is 0.174. The Labute approximate surface area is 177 Å². The van der Waals surface area contributed by atoms with Crippen molar-refractivity contribution in [3.8, 4) is 10.4 Å². The molecule has 6 nitrogen and oxygen atoms in total. The third-order valence-corrected chi connectivity index (χ3v) is 6.22. The molecule has 0 aliphatic heterocycles. The highest BCUT2D eigenvalue weighted by Gasteiger charge is 2.24. The quantitative estimate of drug-likeness (QED) is 0.614. The van der Waals surface area contributed by atoms with Crippen molar-refractivity contribution in [2.75, 3.05) is 5.32 Å². The van der Waals surface area contributed by atoms with Gasteiger partial charge in [0.1, 0.15) is 4.88 Å². The predicted octanol–water partition coefficient (Wildman–Crippen LogP) is 3.80. The van der Waals surface area contributed by atoms with Gasteiger partial charge in [-0.3, -0.25) is 9.59 Å². The van der Waals surface area contributed by atoms with Crippen LogP contribution in [0.15, 0.2) is 54.6 Å². The van der Waals surface area contributed by atoms with E-state index in [2.05, 4.69) is 17.4 Å². The highest BCUT2D eigenvalue weighted by molar-refractivity contribution is 7.17. The Morgan fingerprint density at radius 2 is 1.73 bits per heavy atom. The van der Waals surface area contributed by atoms with E-state index in [9.17, 15) is 14.4 Å². The second-order valence-corrected chi connectivity index (χ2v) is 8.15. The molecule has 2 amide bonds. The van der Waals surface area contributed by atoms with Crippen LogP contribution in [-0.4, -0.2) is 23.9 Å². The lowest BCUT2D eigenvalue weighted by atomic mass is 9.91. The molecule has 0 unspecified atom stereocenters. The van der Waals surface area contributed by atoms with Crippen LogP contribution in [0.2, 0.25) is 0 Å². The Balaban J connectivity index is 1.42. The maximum Gasteiger partial charge on any atom is 0.349 e. The van der Waals surface area contributed by atoms with Crippen LogP contribution in [0.5, 0.6) is 0 Å². The number of carbonyl (C=O) groups is 3. The highest BCUT2D eigenvalue weighted by Crippen LogP contribution is 2.39. The minimum atomic E-state index is -0.972. The Kier molecular flexibility index (Phi) is 5.37. The molecule has 1 atom stereocenters. The number of esters is 1. The van der Waals surface area contributed by atoms with Crippen LogP contribution in [0.3, 0.4) is 0 Å². The van der Waals surface area contributed by atoms with E-state index in [0.29, 0.717) is 16.1 Å². The van der Waals surface area contributed by atoms with Gasteiger partial charge in [-0.15, -0.1) is 11.3 Å². The summed E-state index contributed by atoms with van der Waals surface area (Å²) in [7, 11) is 0. The molecule has 1 aliphatic rings. The zero-order chi connectivity index (χ0) is 21.3. The van der Waals surface area contributed by atoms with Gasteiger partial charge in [0.25, 0.3) is 5.91 Å². The Bertz CT molecular complexity index is 1130. The summed E-state index contributed by atoms with van der Waals surface area (Å²) in [6.07, 6.45) is 0.856. The number of rotatable bonds is 5. The molecule has 152 valence electrons. The lowest BCUT2D eigenvalue weighted by Crippen LogP contribution is -2.29. The average Bonchev–Trinajstić information content (AvgIpc) is 3.19. The lowest BCUT2D eigenvalue weighted by Gasteiger charge is -2.15. The first-order chi connectivity index (χ1) is 14.4. The van der Waals surface area contributed by atoms with Crippen LogP contribution in [0.4, 0.5) is 5.69 Å². The average molecular weight is 420 g/mol. The number of hydrogen-bond acceptors (Lipinski definition) is 5. The molecule has 7 heteroatoms. The molecule has 3 aromatic rings. The van der Waals surface area contributed by atoms with Gasteiger partial charge in [0, 0.05) is 16.1 Å². The molecule has 1 aliphatic carbocycles. The van der Waals surface area contributed by atoms with E-state index in [0.717, 1.165) is 28.8 Å². The molecule has 0 spiro atoms. The maximum absolute atomic E-state index is 12.6. The fourth-order valence-electron chi connectivity index (χ4n) is 3.41. The van der Waals surface area contributed by atoms with Crippen LogP contribution in [0, 0.1) is 0 Å². The van der Waals surface area contributed by atoms with Gasteiger partial charge < -0.3 is 15.8 Å². The second-order valence-electron chi connectivity index (χ2n) is 7.10. The molecular weight excluding hydrogens is 400 g/mol. The number of aryl methyl sites for hydroxylation is 2. The van der Waals surface area contributed by atoms with Gasteiger partial charge in [0.15, 0.2) is 6.10 Å². The summed E-state index contributed by atoms with van der Waals surface area (Å²) in [4.78, 5) is 37.7.